The van der Waals surface area contributed by atoms with Gasteiger partial charge in [0.2, 0.25) is 0 Å². The molecule has 1 aromatic rings. The van der Waals surface area contributed by atoms with E-state index in [1.165, 1.54) is 6.21 Å². The van der Waals surface area contributed by atoms with Gasteiger partial charge >= 0.3 is 6.03 Å². The Hall–Kier alpha value is -2.10. The number of phenols is 1. The number of allylic oxidation sites excluding steroid dienone is 1. The van der Waals surface area contributed by atoms with Crippen molar-refractivity contribution in [2.24, 2.45) is 4.99 Å². The molecule has 1 aromatic carbocycles. The summed E-state index contributed by atoms with van der Waals surface area (Å²) in [5.74, 6) is 0.195. The first-order valence-electron chi connectivity index (χ1n) is 4.10. The zero-order chi connectivity index (χ0) is 9.97. The minimum absolute atomic E-state index is 0.195. The number of hydrogen-bond donors (Lipinski definition) is 2. The molecule has 0 radical (unpaired) electrons. The molecule has 1 aliphatic heterocycles. The van der Waals surface area contributed by atoms with Crippen LogP contribution in [0.1, 0.15) is 5.56 Å². The lowest BCUT2D eigenvalue weighted by molar-refractivity contribution is 0.253. The molecule has 0 unspecified atom stereocenters. The van der Waals surface area contributed by atoms with Crippen LogP contribution in [0.5, 0.6) is 5.75 Å². The predicted molar refractivity (Wildman–Crippen MR) is 53.1 cm³/mol. The Morgan fingerprint density at radius 3 is 2.93 bits per heavy atom. The van der Waals surface area contributed by atoms with Gasteiger partial charge in [-0.05, 0) is 23.8 Å². The van der Waals surface area contributed by atoms with E-state index in [1.807, 2.05) is 6.07 Å². The number of nitrogens with one attached hydrogen (secondary N) is 1. The third kappa shape index (κ3) is 1.80. The van der Waals surface area contributed by atoms with Crippen LogP contribution in [0.4, 0.5) is 4.79 Å². The molecule has 0 spiro atoms. The van der Waals surface area contributed by atoms with E-state index in [2.05, 4.69) is 10.3 Å². The van der Waals surface area contributed by atoms with Gasteiger partial charge in [0.25, 0.3) is 0 Å². The quantitative estimate of drug-likeness (QED) is 0.702. The lowest BCUT2D eigenvalue weighted by Crippen LogP contribution is -2.11. The minimum Gasteiger partial charge on any atom is -0.508 e. The van der Waals surface area contributed by atoms with Crippen molar-refractivity contribution >= 4 is 18.3 Å². The van der Waals surface area contributed by atoms with E-state index >= 15 is 0 Å². The molecule has 0 saturated carbocycles. The molecule has 0 bridgehead atoms. The Bertz CT molecular complexity index is 436. The molecule has 4 nitrogen and oxygen atoms in total. The molecule has 1 heterocycles. The third-order valence-corrected chi connectivity index (χ3v) is 1.76. The van der Waals surface area contributed by atoms with Crippen LogP contribution in [0.25, 0.3) is 6.08 Å². The third-order valence-electron chi connectivity index (χ3n) is 1.76. The van der Waals surface area contributed by atoms with Crippen LogP contribution in [-0.2, 0) is 0 Å². The van der Waals surface area contributed by atoms with Crippen LogP contribution in [0.3, 0.4) is 0 Å². The molecule has 2 N–H and O–H groups in total. The van der Waals surface area contributed by atoms with Gasteiger partial charge in [0.05, 0.1) is 11.9 Å². The van der Waals surface area contributed by atoms with Gasteiger partial charge in [-0.3, -0.25) is 0 Å². The summed E-state index contributed by atoms with van der Waals surface area (Å²) in [6.45, 7) is 0. The first-order chi connectivity index (χ1) is 6.74. The monoisotopic (exact) mass is 188 g/mol. The average Bonchev–Trinajstić information content (AvgIpc) is 2.51. The van der Waals surface area contributed by atoms with Gasteiger partial charge in [0, 0.05) is 0 Å². The molecule has 2 rings (SSSR count). The Labute approximate surface area is 80.6 Å². The summed E-state index contributed by atoms with van der Waals surface area (Å²) >= 11 is 0. The van der Waals surface area contributed by atoms with Crippen LogP contribution in [0, 0.1) is 0 Å². The minimum atomic E-state index is -0.364. The first-order valence-corrected chi connectivity index (χ1v) is 4.10. The number of nitrogens with zero attached hydrogens (tertiary/aromatic N) is 1. The van der Waals surface area contributed by atoms with Crippen LogP contribution in [-0.4, -0.2) is 17.4 Å². The number of aromatic hydroxyl groups is 1. The van der Waals surface area contributed by atoms with Crippen molar-refractivity contribution in [3.05, 3.63) is 35.5 Å². The summed E-state index contributed by atoms with van der Waals surface area (Å²) < 4.78 is 0. The Morgan fingerprint density at radius 1 is 1.43 bits per heavy atom. The lowest BCUT2D eigenvalue weighted by Gasteiger charge is -1.96. The largest absolute Gasteiger partial charge is 0.508 e. The van der Waals surface area contributed by atoms with Crippen molar-refractivity contribution in [1.82, 2.24) is 5.32 Å². The molecule has 0 atom stereocenters. The fourth-order valence-corrected chi connectivity index (χ4v) is 1.18. The zero-order valence-corrected chi connectivity index (χ0v) is 7.27. The van der Waals surface area contributed by atoms with E-state index in [9.17, 15) is 9.90 Å². The molecule has 4 heteroatoms. The van der Waals surface area contributed by atoms with E-state index in [-0.39, 0.29) is 11.8 Å². The van der Waals surface area contributed by atoms with Gasteiger partial charge in [-0.2, -0.15) is 4.99 Å². The second-order valence-electron chi connectivity index (χ2n) is 2.88. The zero-order valence-electron chi connectivity index (χ0n) is 7.27. The van der Waals surface area contributed by atoms with Gasteiger partial charge in [-0.25, -0.2) is 4.79 Å². The predicted octanol–water partition coefficient (Wildman–Crippen LogP) is 1.53. The molecule has 0 aromatic heterocycles. The molecule has 70 valence electrons. The van der Waals surface area contributed by atoms with E-state index in [0.29, 0.717) is 5.70 Å². The summed E-state index contributed by atoms with van der Waals surface area (Å²) in [7, 11) is 0. The van der Waals surface area contributed by atoms with Crippen LogP contribution >= 0.6 is 0 Å². The molecule has 0 fully saturated rings. The van der Waals surface area contributed by atoms with Crippen molar-refractivity contribution in [1.29, 1.82) is 0 Å². The maximum atomic E-state index is 10.7. The van der Waals surface area contributed by atoms with Gasteiger partial charge in [-0.15, -0.1) is 0 Å². The fourth-order valence-electron chi connectivity index (χ4n) is 1.18. The highest BCUT2D eigenvalue weighted by atomic mass is 16.3. The molecule has 1 aliphatic rings. The van der Waals surface area contributed by atoms with E-state index < -0.39 is 0 Å². The standard InChI is InChI=1S/C10H8N2O2/c13-9-3-1-2-7(5-9)4-8-6-11-10(14)12-8/h1-6,13H,(H,12,14). The Morgan fingerprint density at radius 2 is 2.29 bits per heavy atom. The summed E-state index contributed by atoms with van der Waals surface area (Å²) in [6, 6.07) is 6.38. The van der Waals surface area contributed by atoms with Gasteiger partial charge in [-0.1, -0.05) is 12.1 Å². The maximum absolute atomic E-state index is 10.7. The number of carbonyl (C=O) groups excluding carboxylic acids is 1. The normalized spacial score (nSPS) is 17.4. The SMILES string of the molecule is O=C1N=CC(=Cc2cccc(O)c2)N1. The summed E-state index contributed by atoms with van der Waals surface area (Å²) in [5.41, 5.74) is 1.44. The number of aliphatic imine (C=N–C) groups is 1. The van der Waals surface area contributed by atoms with E-state index in [4.69, 9.17) is 0 Å². The second kappa shape index (κ2) is 3.33. The second-order valence-corrected chi connectivity index (χ2v) is 2.88. The summed E-state index contributed by atoms with van der Waals surface area (Å²) in [4.78, 5) is 14.2. The number of phenolic OH excluding ortho intramolecular Hbond substituents is 1. The molecular formula is C10H8N2O2. The lowest BCUT2D eigenvalue weighted by atomic mass is 10.2. The fraction of sp³-hybridized carbons (Fsp3) is 0. The van der Waals surface area contributed by atoms with Crippen molar-refractivity contribution in [2.75, 3.05) is 0 Å². The van der Waals surface area contributed by atoms with E-state index in [0.717, 1.165) is 5.56 Å². The highest BCUT2D eigenvalue weighted by molar-refractivity contribution is 6.02. The molecule has 0 aliphatic carbocycles. The molecule has 2 amide bonds. The Balaban J connectivity index is 2.26. The maximum Gasteiger partial charge on any atom is 0.345 e. The first kappa shape index (κ1) is 8.50. The van der Waals surface area contributed by atoms with E-state index in [1.54, 1.807) is 24.3 Å². The average molecular weight is 188 g/mol. The van der Waals surface area contributed by atoms with Gasteiger partial charge < -0.3 is 10.4 Å². The molecular weight excluding hydrogens is 180 g/mol. The van der Waals surface area contributed by atoms with Crippen molar-refractivity contribution in [3.8, 4) is 5.75 Å². The smallest absolute Gasteiger partial charge is 0.345 e. The summed E-state index contributed by atoms with van der Waals surface area (Å²) in [5, 5.41) is 11.7. The highest BCUT2D eigenvalue weighted by Crippen LogP contribution is 2.13. The number of rotatable bonds is 1. The number of benzene rings is 1. The van der Waals surface area contributed by atoms with Crippen molar-refractivity contribution < 1.29 is 9.90 Å². The number of carbonyl (C=O) groups is 1. The summed E-state index contributed by atoms with van der Waals surface area (Å²) in [6.07, 6.45) is 3.18. The topological polar surface area (TPSA) is 61.7 Å². The van der Waals surface area contributed by atoms with Gasteiger partial charge in [0.15, 0.2) is 0 Å². The number of urea groups is 1. The molecule has 14 heavy (non-hydrogen) atoms. The Kier molecular flexibility index (Phi) is 2.02. The number of hydrogen-bond acceptors (Lipinski definition) is 2. The van der Waals surface area contributed by atoms with Crippen LogP contribution < -0.4 is 5.32 Å². The van der Waals surface area contributed by atoms with Gasteiger partial charge in [0.1, 0.15) is 5.75 Å². The number of amides is 2. The van der Waals surface area contributed by atoms with Crippen molar-refractivity contribution in [3.63, 3.8) is 0 Å². The highest BCUT2D eigenvalue weighted by Gasteiger charge is 2.07. The van der Waals surface area contributed by atoms with Crippen LogP contribution in [0.15, 0.2) is 35.0 Å². The molecule has 0 saturated heterocycles. The van der Waals surface area contributed by atoms with Crippen molar-refractivity contribution in [2.45, 2.75) is 0 Å². The van der Waals surface area contributed by atoms with Crippen LogP contribution in [0.2, 0.25) is 0 Å².